The number of aryl methyl sites for hydroxylation is 1. The molecule has 0 amide bonds. The zero-order valence-electron chi connectivity index (χ0n) is 8.75. The Hall–Kier alpha value is -1.54. The van der Waals surface area contributed by atoms with Gasteiger partial charge in [0.15, 0.2) is 0 Å². The topological polar surface area (TPSA) is 73.1 Å². The fourth-order valence-corrected chi connectivity index (χ4v) is 3.20. The molecule has 2 N–H and O–H groups in total. The van der Waals surface area contributed by atoms with Crippen molar-refractivity contribution in [3.63, 3.8) is 0 Å². The molecule has 1 heterocycles. The summed E-state index contributed by atoms with van der Waals surface area (Å²) in [5, 5.41) is 21.5. The molecule has 0 fully saturated rings. The number of carboxylic acid groups (broad SMARTS) is 1. The van der Waals surface area contributed by atoms with Crippen molar-refractivity contribution in [3.05, 3.63) is 16.0 Å². The van der Waals surface area contributed by atoms with Crippen molar-refractivity contribution in [1.82, 2.24) is 0 Å². The van der Waals surface area contributed by atoms with Gasteiger partial charge in [-0.15, -0.1) is 11.3 Å². The van der Waals surface area contributed by atoms with Gasteiger partial charge in [-0.25, -0.2) is 0 Å². The molecule has 0 radical (unpaired) electrons. The quantitative estimate of drug-likeness (QED) is 0.838. The SMILES string of the molecule is N#Cc1c(NCCC(=O)O)sc2c1CCC2. The number of aliphatic carboxylic acids is 1. The molecule has 5 heteroatoms. The molecule has 0 aromatic carbocycles. The number of rotatable bonds is 4. The van der Waals surface area contributed by atoms with E-state index in [2.05, 4.69) is 11.4 Å². The summed E-state index contributed by atoms with van der Waals surface area (Å²) in [6.07, 6.45) is 3.24. The lowest BCUT2D eigenvalue weighted by molar-refractivity contribution is -0.136. The van der Waals surface area contributed by atoms with E-state index in [1.807, 2.05) is 0 Å². The molecular weight excluding hydrogens is 224 g/mol. The van der Waals surface area contributed by atoms with E-state index in [0.717, 1.165) is 29.8 Å². The van der Waals surface area contributed by atoms with Gasteiger partial charge in [-0.3, -0.25) is 4.79 Å². The molecule has 1 aromatic heterocycles. The van der Waals surface area contributed by atoms with Crippen molar-refractivity contribution in [2.75, 3.05) is 11.9 Å². The average Bonchev–Trinajstić information content (AvgIpc) is 2.76. The summed E-state index contributed by atoms with van der Waals surface area (Å²) in [4.78, 5) is 11.7. The highest BCUT2D eigenvalue weighted by atomic mass is 32.1. The van der Waals surface area contributed by atoms with Gasteiger partial charge in [0.25, 0.3) is 0 Å². The summed E-state index contributed by atoms with van der Waals surface area (Å²) < 4.78 is 0. The van der Waals surface area contributed by atoms with Gasteiger partial charge in [0.1, 0.15) is 11.1 Å². The van der Waals surface area contributed by atoms with E-state index in [9.17, 15) is 4.79 Å². The second-order valence-corrected chi connectivity index (χ2v) is 4.85. The van der Waals surface area contributed by atoms with Gasteiger partial charge < -0.3 is 10.4 Å². The molecule has 0 spiro atoms. The normalized spacial score (nSPS) is 13.2. The van der Waals surface area contributed by atoms with Crippen LogP contribution in [0.25, 0.3) is 0 Å². The lowest BCUT2D eigenvalue weighted by Crippen LogP contribution is -2.07. The smallest absolute Gasteiger partial charge is 0.305 e. The van der Waals surface area contributed by atoms with E-state index >= 15 is 0 Å². The number of hydrogen-bond acceptors (Lipinski definition) is 4. The molecule has 0 saturated carbocycles. The maximum absolute atomic E-state index is 10.4. The Labute approximate surface area is 97.5 Å². The van der Waals surface area contributed by atoms with Crippen molar-refractivity contribution in [2.45, 2.75) is 25.7 Å². The van der Waals surface area contributed by atoms with Crippen molar-refractivity contribution < 1.29 is 9.90 Å². The molecule has 4 nitrogen and oxygen atoms in total. The van der Waals surface area contributed by atoms with Crippen molar-refractivity contribution >= 4 is 22.3 Å². The van der Waals surface area contributed by atoms with Crippen LogP contribution in [0.1, 0.15) is 28.8 Å². The van der Waals surface area contributed by atoms with Crippen molar-refractivity contribution in [3.8, 4) is 6.07 Å². The van der Waals surface area contributed by atoms with E-state index in [1.165, 1.54) is 10.4 Å². The second-order valence-electron chi connectivity index (χ2n) is 3.74. The molecule has 0 bridgehead atoms. The molecule has 84 valence electrons. The summed E-state index contributed by atoms with van der Waals surface area (Å²) in [5.74, 6) is -0.824. The number of carboxylic acids is 1. The number of hydrogen-bond donors (Lipinski definition) is 2. The van der Waals surface area contributed by atoms with Gasteiger partial charge in [0.05, 0.1) is 12.0 Å². The van der Waals surface area contributed by atoms with Gasteiger partial charge in [0.2, 0.25) is 0 Å². The molecule has 2 rings (SSSR count). The number of nitriles is 1. The number of carbonyl (C=O) groups is 1. The molecule has 1 aromatic rings. The van der Waals surface area contributed by atoms with Crippen LogP contribution in [0.15, 0.2) is 0 Å². The van der Waals surface area contributed by atoms with E-state index in [1.54, 1.807) is 11.3 Å². The standard InChI is InChI=1S/C11H12N2O2S/c12-6-8-7-2-1-3-9(7)16-11(8)13-5-4-10(14)15/h13H,1-5H2,(H,14,15). The monoisotopic (exact) mass is 236 g/mol. The van der Waals surface area contributed by atoms with Crippen LogP contribution in [0.5, 0.6) is 0 Å². The van der Waals surface area contributed by atoms with Crippen molar-refractivity contribution in [1.29, 1.82) is 5.26 Å². The molecule has 1 aliphatic rings. The Balaban J connectivity index is 2.10. The second kappa shape index (κ2) is 4.54. The summed E-state index contributed by atoms with van der Waals surface area (Å²) in [6, 6.07) is 2.21. The summed E-state index contributed by atoms with van der Waals surface area (Å²) in [5.41, 5.74) is 1.90. The lowest BCUT2D eigenvalue weighted by Gasteiger charge is -2.02. The van der Waals surface area contributed by atoms with Gasteiger partial charge in [0, 0.05) is 11.4 Å². The third kappa shape index (κ3) is 2.02. The Morgan fingerprint density at radius 3 is 3.06 bits per heavy atom. The summed E-state index contributed by atoms with van der Waals surface area (Å²) in [6.45, 7) is 0.378. The van der Waals surface area contributed by atoms with E-state index in [0.29, 0.717) is 6.54 Å². The lowest BCUT2D eigenvalue weighted by atomic mass is 10.1. The highest BCUT2D eigenvalue weighted by Gasteiger charge is 2.21. The first-order chi connectivity index (χ1) is 7.72. The third-order valence-electron chi connectivity index (χ3n) is 2.66. The van der Waals surface area contributed by atoms with Crippen LogP contribution in [0.2, 0.25) is 0 Å². The van der Waals surface area contributed by atoms with Gasteiger partial charge in [-0.05, 0) is 24.8 Å². The summed E-state index contributed by atoms with van der Waals surface area (Å²) >= 11 is 1.60. The Bertz CT molecular complexity index is 459. The first-order valence-corrected chi connectivity index (χ1v) is 6.04. The van der Waals surface area contributed by atoms with Crippen LogP contribution in [0, 0.1) is 11.3 Å². The van der Waals surface area contributed by atoms with E-state index < -0.39 is 5.97 Å². The first kappa shape index (κ1) is 11.0. The number of thiophene rings is 1. The van der Waals surface area contributed by atoms with E-state index in [4.69, 9.17) is 10.4 Å². The molecule has 0 atom stereocenters. The Morgan fingerprint density at radius 2 is 2.38 bits per heavy atom. The van der Waals surface area contributed by atoms with Crippen LogP contribution in [-0.4, -0.2) is 17.6 Å². The molecule has 1 aliphatic carbocycles. The highest BCUT2D eigenvalue weighted by molar-refractivity contribution is 7.16. The van der Waals surface area contributed by atoms with Crippen molar-refractivity contribution in [2.24, 2.45) is 0 Å². The van der Waals surface area contributed by atoms with Gasteiger partial charge in [-0.2, -0.15) is 5.26 Å². The number of fused-ring (bicyclic) bond motifs is 1. The van der Waals surface area contributed by atoms with Gasteiger partial charge in [-0.1, -0.05) is 0 Å². The average molecular weight is 236 g/mol. The zero-order chi connectivity index (χ0) is 11.5. The van der Waals surface area contributed by atoms with Crippen LogP contribution >= 0.6 is 11.3 Å². The fraction of sp³-hybridized carbons (Fsp3) is 0.455. The number of anilines is 1. The van der Waals surface area contributed by atoms with Crippen LogP contribution in [-0.2, 0) is 17.6 Å². The van der Waals surface area contributed by atoms with Gasteiger partial charge >= 0.3 is 5.97 Å². The molecule has 16 heavy (non-hydrogen) atoms. The summed E-state index contributed by atoms with van der Waals surface area (Å²) in [7, 11) is 0. The van der Waals surface area contributed by atoms with E-state index in [-0.39, 0.29) is 6.42 Å². The van der Waals surface area contributed by atoms with Crippen LogP contribution < -0.4 is 5.32 Å². The predicted molar refractivity (Wildman–Crippen MR) is 61.8 cm³/mol. The molecule has 0 unspecified atom stereocenters. The minimum absolute atomic E-state index is 0.0768. The maximum Gasteiger partial charge on any atom is 0.305 e. The number of nitrogens with one attached hydrogen (secondary N) is 1. The largest absolute Gasteiger partial charge is 0.481 e. The maximum atomic E-state index is 10.4. The molecule has 0 saturated heterocycles. The molecular formula is C11H12N2O2S. The Kier molecular flexibility index (Phi) is 3.11. The minimum Gasteiger partial charge on any atom is -0.481 e. The Morgan fingerprint density at radius 1 is 1.56 bits per heavy atom. The minimum atomic E-state index is -0.824. The van der Waals surface area contributed by atoms with Crippen LogP contribution in [0.3, 0.4) is 0 Å². The predicted octanol–water partition coefficient (Wildman–Crippen LogP) is 2.00. The first-order valence-electron chi connectivity index (χ1n) is 5.22. The zero-order valence-corrected chi connectivity index (χ0v) is 9.56. The highest BCUT2D eigenvalue weighted by Crippen LogP contribution is 2.38. The van der Waals surface area contributed by atoms with Crippen LogP contribution in [0.4, 0.5) is 5.00 Å². The number of nitrogens with zero attached hydrogens (tertiary/aromatic N) is 1. The molecule has 0 aliphatic heterocycles. The third-order valence-corrected chi connectivity index (χ3v) is 3.91. The fourth-order valence-electron chi connectivity index (χ4n) is 1.93.